The molecule has 0 radical (unpaired) electrons. The van der Waals surface area contributed by atoms with E-state index in [1.54, 1.807) is 0 Å². The molecule has 0 unspecified atom stereocenters. The van der Waals surface area contributed by atoms with Gasteiger partial charge in [-0.15, -0.1) is 0 Å². The van der Waals surface area contributed by atoms with E-state index in [1.165, 1.54) is 22.3 Å². The third kappa shape index (κ3) is 8.23. The predicted octanol–water partition coefficient (Wildman–Crippen LogP) is 18.1. The molecule has 0 heterocycles. The summed E-state index contributed by atoms with van der Waals surface area (Å²) in [5.41, 5.74) is 5.01. The standard InChI is InChI=1S/C60H60O4/c1-57(2,3)39-17-25-43(26-18-39)61-47-33-13-37-14-35-49(63-45-29-21-41(22-30-45)59(7,8)9)55-51(37)53(47)54-48(62-44-27-19-40(20-28-44)58(4,5)6)34-15-38-16-36-50(56(55)52(38)54)64-46-31-23-42(24-32-46)60(10,11)12/h13-36H,1-12H3. The van der Waals surface area contributed by atoms with Crippen molar-refractivity contribution in [1.29, 1.82) is 0 Å². The van der Waals surface area contributed by atoms with Crippen molar-refractivity contribution in [2.24, 2.45) is 0 Å². The minimum absolute atomic E-state index is 0.0108. The van der Waals surface area contributed by atoms with Crippen LogP contribution < -0.4 is 18.9 Å². The Hall–Kier alpha value is -6.52. The summed E-state index contributed by atoms with van der Waals surface area (Å²) in [6.07, 6.45) is 0. The topological polar surface area (TPSA) is 36.9 Å². The first-order valence-corrected chi connectivity index (χ1v) is 22.6. The highest BCUT2D eigenvalue weighted by molar-refractivity contribution is 6.37. The Kier molecular flexibility index (Phi) is 10.4. The first-order valence-electron chi connectivity index (χ1n) is 22.6. The number of hydrogen-bond acceptors (Lipinski definition) is 4. The van der Waals surface area contributed by atoms with E-state index in [2.05, 4.69) is 229 Å². The Bertz CT molecular complexity index is 2710. The lowest BCUT2D eigenvalue weighted by Crippen LogP contribution is -2.10. The molecule has 0 aliphatic rings. The zero-order chi connectivity index (χ0) is 45.3. The second-order valence-corrected chi connectivity index (χ2v) is 21.5. The molecular formula is C60H60O4. The lowest BCUT2D eigenvalue weighted by molar-refractivity contribution is 0.481. The third-order valence-electron chi connectivity index (χ3n) is 12.5. The highest BCUT2D eigenvalue weighted by atomic mass is 16.5. The van der Waals surface area contributed by atoms with Gasteiger partial charge in [0.05, 0.1) is 0 Å². The SMILES string of the molecule is CC(C)(C)c1ccc(Oc2ccc3ccc(Oc4ccc(C(C)(C)C)cc4)c4c5c(Oc6ccc(C(C)(C)C)cc6)ccc6ccc(Oc7ccc(C(C)(C)C)cc7)c(c2c34)c65)cc1. The maximum Gasteiger partial charge on any atom is 0.136 e. The van der Waals surface area contributed by atoms with Crippen molar-refractivity contribution in [2.45, 2.75) is 105 Å². The lowest BCUT2D eigenvalue weighted by Gasteiger charge is -2.24. The Morgan fingerprint density at radius 3 is 0.578 bits per heavy atom. The van der Waals surface area contributed by atoms with Crippen LogP contribution in [-0.2, 0) is 21.7 Å². The van der Waals surface area contributed by atoms with Gasteiger partial charge in [0.15, 0.2) is 0 Å². The molecule has 0 amide bonds. The maximum atomic E-state index is 7.01. The largest absolute Gasteiger partial charge is 0.457 e. The van der Waals surface area contributed by atoms with Gasteiger partial charge >= 0.3 is 0 Å². The average Bonchev–Trinajstić information content (AvgIpc) is 3.24. The van der Waals surface area contributed by atoms with Gasteiger partial charge < -0.3 is 18.9 Å². The van der Waals surface area contributed by atoms with Gasteiger partial charge in [-0.05, 0) is 127 Å². The van der Waals surface area contributed by atoms with E-state index in [4.69, 9.17) is 18.9 Å². The van der Waals surface area contributed by atoms with E-state index in [0.29, 0.717) is 0 Å². The normalized spacial score (nSPS) is 12.7. The molecular weight excluding hydrogens is 785 g/mol. The van der Waals surface area contributed by atoms with Crippen LogP contribution in [0.1, 0.15) is 105 Å². The third-order valence-corrected chi connectivity index (χ3v) is 12.5. The molecule has 0 fully saturated rings. The second kappa shape index (κ2) is 15.6. The molecule has 0 aliphatic heterocycles. The van der Waals surface area contributed by atoms with Gasteiger partial charge in [-0.1, -0.05) is 156 Å². The van der Waals surface area contributed by atoms with Crippen LogP contribution in [-0.4, -0.2) is 0 Å². The second-order valence-electron chi connectivity index (χ2n) is 21.5. The molecule has 9 aromatic carbocycles. The van der Waals surface area contributed by atoms with E-state index in [1.807, 2.05) is 0 Å². The molecule has 0 aromatic heterocycles. The van der Waals surface area contributed by atoms with Crippen molar-refractivity contribution < 1.29 is 18.9 Å². The van der Waals surface area contributed by atoms with E-state index < -0.39 is 0 Å². The summed E-state index contributed by atoms with van der Waals surface area (Å²) in [6, 6.07) is 50.8. The van der Waals surface area contributed by atoms with Gasteiger partial charge in [0, 0.05) is 32.3 Å². The molecule has 0 bridgehead atoms. The van der Waals surface area contributed by atoms with Crippen LogP contribution in [0.15, 0.2) is 146 Å². The number of ether oxygens (including phenoxy) is 4. The zero-order valence-electron chi connectivity index (χ0n) is 39.5. The smallest absolute Gasteiger partial charge is 0.136 e. The van der Waals surface area contributed by atoms with Crippen molar-refractivity contribution in [3.8, 4) is 46.0 Å². The van der Waals surface area contributed by atoms with Gasteiger partial charge in [-0.3, -0.25) is 0 Å². The first-order chi connectivity index (χ1) is 30.2. The minimum atomic E-state index is 0.0108. The lowest BCUT2D eigenvalue weighted by atomic mass is 9.87. The quantitative estimate of drug-likeness (QED) is 0.113. The molecule has 0 spiro atoms. The molecule has 0 saturated heterocycles. The summed E-state index contributed by atoms with van der Waals surface area (Å²) in [5.74, 6) is 5.91. The molecule has 0 saturated carbocycles. The van der Waals surface area contributed by atoms with Crippen LogP contribution >= 0.6 is 0 Å². The zero-order valence-corrected chi connectivity index (χ0v) is 39.5. The van der Waals surface area contributed by atoms with Crippen LogP contribution in [0.5, 0.6) is 46.0 Å². The van der Waals surface area contributed by atoms with E-state index in [-0.39, 0.29) is 21.7 Å². The van der Waals surface area contributed by atoms with Crippen molar-refractivity contribution in [3.05, 3.63) is 168 Å². The monoisotopic (exact) mass is 844 g/mol. The van der Waals surface area contributed by atoms with Gasteiger partial charge in [0.2, 0.25) is 0 Å². The van der Waals surface area contributed by atoms with Crippen LogP contribution in [0.2, 0.25) is 0 Å². The number of benzene rings is 9. The van der Waals surface area contributed by atoms with Gasteiger partial charge in [0.25, 0.3) is 0 Å². The van der Waals surface area contributed by atoms with E-state index >= 15 is 0 Å². The summed E-state index contributed by atoms with van der Waals surface area (Å²) < 4.78 is 28.0. The molecule has 0 atom stereocenters. The fraction of sp³-hybridized carbons (Fsp3) is 0.267. The van der Waals surface area contributed by atoms with Crippen LogP contribution in [0.4, 0.5) is 0 Å². The Morgan fingerprint density at radius 2 is 0.406 bits per heavy atom. The van der Waals surface area contributed by atoms with Crippen molar-refractivity contribution in [3.63, 3.8) is 0 Å². The molecule has 4 heteroatoms. The van der Waals surface area contributed by atoms with Crippen molar-refractivity contribution >= 4 is 43.1 Å². The van der Waals surface area contributed by atoms with Crippen LogP contribution in [0, 0.1) is 0 Å². The number of fused-ring (bicyclic) bond motifs is 2. The molecule has 324 valence electrons. The molecule has 64 heavy (non-hydrogen) atoms. The number of hydrogen-bond donors (Lipinski definition) is 0. The maximum absolute atomic E-state index is 7.01. The van der Waals surface area contributed by atoms with Crippen LogP contribution in [0.25, 0.3) is 43.1 Å². The first kappa shape index (κ1) is 42.8. The summed E-state index contributed by atoms with van der Waals surface area (Å²) in [4.78, 5) is 0. The summed E-state index contributed by atoms with van der Waals surface area (Å²) >= 11 is 0. The van der Waals surface area contributed by atoms with E-state index in [0.717, 1.165) is 89.1 Å². The van der Waals surface area contributed by atoms with Gasteiger partial charge in [-0.25, -0.2) is 0 Å². The van der Waals surface area contributed by atoms with E-state index in [9.17, 15) is 0 Å². The highest BCUT2D eigenvalue weighted by Gasteiger charge is 2.26. The molecule has 9 aromatic rings. The Morgan fingerprint density at radius 1 is 0.219 bits per heavy atom. The fourth-order valence-corrected chi connectivity index (χ4v) is 8.69. The Balaban J connectivity index is 1.35. The minimum Gasteiger partial charge on any atom is -0.457 e. The fourth-order valence-electron chi connectivity index (χ4n) is 8.69. The predicted molar refractivity (Wildman–Crippen MR) is 269 cm³/mol. The van der Waals surface area contributed by atoms with Gasteiger partial charge in [-0.2, -0.15) is 0 Å². The molecule has 9 rings (SSSR count). The Labute approximate surface area is 379 Å². The molecule has 4 nitrogen and oxygen atoms in total. The highest BCUT2D eigenvalue weighted by Crippen LogP contribution is 2.54. The molecule has 0 N–H and O–H groups in total. The van der Waals surface area contributed by atoms with Crippen molar-refractivity contribution in [1.82, 2.24) is 0 Å². The van der Waals surface area contributed by atoms with Crippen molar-refractivity contribution in [2.75, 3.05) is 0 Å². The average molecular weight is 845 g/mol. The summed E-state index contributed by atoms with van der Waals surface area (Å²) in [7, 11) is 0. The summed E-state index contributed by atoms with van der Waals surface area (Å²) in [5, 5.41) is 7.84. The molecule has 0 aliphatic carbocycles. The van der Waals surface area contributed by atoms with Crippen LogP contribution in [0.3, 0.4) is 0 Å². The summed E-state index contributed by atoms with van der Waals surface area (Å²) in [6.45, 7) is 26.7. The van der Waals surface area contributed by atoms with Gasteiger partial charge in [0.1, 0.15) is 46.0 Å². The number of rotatable bonds is 8.